The molecule has 10 rings (SSSR count). The van der Waals surface area contributed by atoms with E-state index in [0.717, 1.165) is 72.3 Å². The van der Waals surface area contributed by atoms with Gasteiger partial charge in [0.2, 0.25) is 6.29 Å². The van der Waals surface area contributed by atoms with Crippen molar-refractivity contribution >= 4 is 65.5 Å². The van der Waals surface area contributed by atoms with Gasteiger partial charge in [-0.2, -0.15) is 0 Å². The highest BCUT2D eigenvalue weighted by atomic mass is 16.8. The summed E-state index contributed by atoms with van der Waals surface area (Å²) in [4.78, 5) is 150. The first-order chi connectivity index (χ1) is 51.2. The lowest BCUT2D eigenvalue weighted by molar-refractivity contribution is -0.372. The lowest BCUT2D eigenvalue weighted by Gasteiger charge is -2.70. The molecule has 0 amide bonds. The minimum absolute atomic E-state index is 0.0361. The van der Waals surface area contributed by atoms with Crippen molar-refractivity contribution < 1.29 is 119 Å². The van der Waals surface area contributed by atoms with Crippen LogP contribution >= 0.6 is 0 Å². The van der Waals surface area contributed by atoms with Gasteiger partial charge in [0.15, 0.2) is 60.9 Å². The molecule has 3 aromatic carbocycles. The fourth-order valence-electron chi connectivity index (χ4n) is 19.2. The van der Waals surface area contributed by atoms with Gasteiger partial charge in [0, 0.05) is 40.5 Å². The van der Waals surface area contributed by atoms with E-state index in [-0.39, 0.29) is 64.6 Å². The van der Waals surface area contributed by atoms with Crippen LogP contribution in [0.15, 0.2) is 84.4 Å². The quantitative estimate of drug-likeness (QED) is 0.0367. The minimum atomic E-state index is -2.18. The van der Waals surface area contributed by atoms with Crippen LogP contribution in [0.5, 0.6) is 11.5 Å². The molecular weight excluding hydrogens is 1410 g/mol. The standard InChI is InChI=1S/C81H105N3O25/c1-41(85)99-60-62(101-43(3)87)66(103-45(5)89)75(108-65(60)73(95)105-51-26-20-48(21-27-51)38-56(84)71(93)98-15)109-67-63(102-44(4)88)61(100-42(2)86)64(72(94)104-50-24-18-47(19-25-50)37-55(83)70(92)97-14)107-74(67)106-59-29-30-79(10)58(76(59,6)7)28-31-81(12)68(79)57(90)39-52-53-40-78(9,33-32-77(53,8)34-35-80(52,81)11)49-22-16-46(17-23-49)36-54(82)69(91)96-13/h16-27,39,53-56,58-68,74-75H,28-38,40,82-84H2,1-15H3/t53-,54-,55-,56-,58-,59-,60-,61-,62-,63-,64-,65-,66+,67+,68+,74-,75-,77+,78-,79-,80+,81+/m0/s1. The Hall–Kier alpha value is -8.51. The zero-order valence-corrected chi connectivity index (χ0v) is 64.7. The number of rotatable bonds is 23. The number of ether oxygens (including phenoxy) is 14. The number of esters is 10. The molecule has 0 bridgehead atoms. The number of carbonyl (C=O) groups is 11. The topological polar surface area (TPSA) is 395 Å². The van der Waals surface area contributed by atoms with Crippen molar-refractivity contribution in [2.75, 3.05) is 21.3 Å². The van der Waals surface area contributed by atoms with Crippen LogP contribution in [0.25, 0.3) is 0 Å². The van der Waals surface area contributed by atoms with Crippen LogP contribution in [0.4, 0.5) is 0 Å². The Kier molecular flexibility index (Phi) is 25.0. The second-order valence-corrected chi connectivity index (χ2v) is 32.4. The highest BCUT2D eigenvalue weighted by Gasteiger charge is 2.71. The second kappa shape index (κ2) is 32.8. The Bertz CT molecular complexity index is 3970. The molecule has 4 saturated carbocycles. The zero-order chi connectivity index (χ0) is 79.8. The molecule has 22 atom stereocenters. The molecule has 5 aliphatic carbocycles. The van der Waals surface area contributed by atoms with Crippen LogP contribution in [0.3, 0.4) is 0 Å². The van der Waals surface area contributed by atoms with E-state index in [0.29, 0.717) is 36.8 Å². The maximum Gasteiger partial charge on any atom is 0.344 e. The Morgan fingerprint density at radius 3 is 1.32 bits per heavy atom. The molecule has 594 valence electrons. The lowest BCUT2D eigenvalue weighted by atomic mass is 9.33. The maximum atomic E-state index is 15.9. The molecule has 2 heterocycles. The summed E-state index contributed by atoms with van der Waals surface area (Å²) in [6.07, 6.45) is -12.0. The first kappa shape index (κ1) is 83.0. The number of hydrogen-bond acceptors (Lipinski definition) is 28. The summed E-state index contributed by atoms with van der Waals surface area (Å²) in [7, 11) is 3.72. The first-order valence-corrected chi connectivity index (χ1v) is 37.2. The lowest BCUT2D eigenvalue weighted by Crippen LogP contribution is -2.69. The van der Waals surface area contributed by atoms with E-state index in [1.54, 1.807) is 12.1 Å². The van der Waals surface area contributed by atoms with Gasteiger partial charge in [0.25, 0.3) is 0 Å². The summed E-state index contributed by atoms with van der Waals surface area (Å²) in [6.45, 7) is 20.7. The predicted molar refractivity (Wildman–Crippen MR) is 385 cm³/mol. The van der Waals surface area contributed by atoms with Crippen molar-refractivity contribution in [3.63, 3.8) is 0 Å². The van der Waals surface area contributed by atoms with Crippen molar-refractivity contribution in [3.05, 3.63) is 107 Å². The molecule has 0 spiro atoms. The Morgan fingerprint density at radius 2 is 0.881 bits per heavy atom. The van der Waals surface area contributed by atoms with Crippen LogP contribution in [-0.4, -0.2) is 172 Å². The van der Waals surface area contributed by atoms with Crippen LogP contribution in [0.1, 0.15) is 163 Å². The third kappa shape index (κ3) is 17.1. The molecule has 0 unspecified atom stereocenters. The smallest absolute Gasteiger partial charge is 0.344 e. The average Bonchev–Trinajstić information content (AvgIpc) is 0.671. The van der Waals surface area contributed by atoms with E-state index in [4.69, 9.17) is 83.5 Å². The molecule has 109 heavy (non-hydrogen) atoms. The van der Waals surface area contributed by atoms with E-state index in [1.807, 2.05) is 32.1 Å². The van der Waals surface area contributed by atoms with E-state index in [1.165, 1.54) is 68.9 Å². The van der Waals surface area contributed by atoms with Gasteiger partial charge >= 0.3 is 59.7 Å². The van der Waals surface area contributed by atoms with Gasteiger partial charge in [-0.25, -0.2) is 9.59 Å². The molecule has 0 aromatic heterocycles. The number of ketones is 1. The summed E-state index contributed by atoms with van der Waals surface area (Å²) < 4.78 is 83.1. The number of nitrogens with two attached hydrogens (primary N) is 3. The number of methoxy groups -OCH3 is 3. The Balaban J connectivity index is 1.02. The molecule has 28 heteroatoms. The summed E-state index contributed by atoms with van der Waals surface area (Å²) in [5.41, 5.74) is 19.9. The fourth-order valence-corrected chi connectivity index (χ4v) is 19.2. The largest absolute Gasteiger partial charge is 0.468 e. The Labute approximate surface area is 634 Å². The normalized spacial score (nSPS) is 33.8. The molecular formula is C81H105N3O25. The summed E-state index contributed by atoms with van der Waals surface area (Å²) in [5, 5.41) is 0. The van der Waals surface area contributed by atoms with Crippen molar-refractivity contribution in [1.82, 2.24) is 0 Å². The van der Waals surface area contributed by atoms with Gasteiger partial charge in [-0.1, -0.05) is 103 Å². The number of carbonyl (C=O) groups excluding carboxylic acids is 11. The predicted octanol–water partition coefficient (Wildman–Crippen LogP) is 7.14. The van der Waals surface area contributed by atoms with Crippen molar-refractivity contribution in [3.8, 4) is 11.5 Å². The van der Waals surface area contributed by atoms with E-state index in [2.05, 4.69) is 46.8 Å². The number of hydrogen-bond donors (Lipinski definition) is 3. The summed E-state index contributed by atoms with van der Waals surface area (Å²) in [5.74, 6) is -10.1. The van der Waals surface area contributed by atoms with E-state index >= 15 is 9.59 Å². The molecule has 2 saturated heterocycles. The van der Waals surface area contributed by atoms with Crippen LogP contribution in [-0.2, 0) is 134 Å². The third-order valence-electron chi connectivity index (χ3n) is 24.9. The van der Waals surface area contributed by atoms with E-state index < -0.39 is 167 Å². The van der Waals surface area contributed by atoms with Crippen LogP contribution < -0.4 is 26.7 Å². The highest BCUT2D eigenvalue weighted by molar-refractivity contribution is 5.96. The zero-order valence-electron chi connectivity index (χ0n) is 64.7. The number of allylic oxidation sites excluding steroid dienone is 2. The van der Waals surface area contributed by atoms with Gasteiger partial charge in [-0.15, -0.1) is 0 Å². The minimum Gasteiger partial charge on any atom is -0.468 e. The molecule has 28 nitrogen and oxygen atoms in total. The van der Waals surface area contributed by atoms with Crippen LogP contribution in [0, 0.1) is 44.8 Å². The van der Waals surface area contributed by atoms with Gasteiger partial charge < -0.3 is 83.5 Å². The van der Waals surface area contributed by atoms with Gasteiger partial charge in [0.05, 0.1) is 27.4 Å². The van der Waals surface area contributed by atoms with Crippen molar-refractivity contribution in [2.24, 2.45) is 62.0 Å². The Morgan fingerprint density at radius 1 is 0.477 bits per heavy atom. The fraction of sp³-hybridized carbons (Fsp3) is 0.617. The molecule has 0 radical (unpaired) electrons. The first-order valence-electron chi connectivity index (χ1n) is 37.2. The SMILES string of the molecule is COC(=O)[C@@H](N)Cc1ccc(OC(=O)[C@H]2O[C@@H](O[C@H]3[C@@H](O[C@H]4CC[C@]5(C)[C@H]6C(=O)C=C7[C@@H]8C[C@@](C)(c9ccc(C[C@H](N)C(=O)OC)cc9)CC[C@]8(C)CC[C@@]7(C)[C@]6(C)CC[C@H]5C4(C)C)O[C@H](C(=O)Oc4ccc(C[C@H](N)C(=O)OC)cc4)[C@@H](OC(C)=O)[C@@H]3OC(C)=O)[C@H](OC(C)=O)[C@@H](OC(C)=O)[C@@H]2OC(C)=O)cc1. The number of fused-ring (bicyclic) bond motifs is 7. The average molecular weight is 1520 g/mol. The number of benzene rings is 3. The molecule has 3 aromatic rings. The molecule has 7 aliphatic rings. The second-order valence-electron chi connectivity index (χ2n) is 32.4. The monoisotopic (exact) mass is 1520 g/mol. The van der Waals surface area contributed by atoms with E-state index in [9.17, 15) is 43.2 Å². The summed E-state index contributed by atoms with van der Waals surface area (Å²) >= 11 is 0. The summed E-state index contributed by atoms with van der Waals surface area (Å²) in [6, 6.07) is 17.2. The molecule has 6 fully saturated rings. The van der Waals surface area contributed by atoms with Gasteiger partial charge in [-0.3, -0.25) is 43.2 Å². The van der Waals surface area contributed by atoms with Gasteiger partial charge in [-0.05, 0) is 174 Å². The maximum absolute atomic E-state index is 15.9. The van der Waals surface area contributed by atoms with Crippen LogP contribution in [0.2, 0.25) is 0 Å². The third-order valence-corrected chi connectivity index (χ3v) is 24.9. The van der Waals surface area contributed by atoms with Crippen molar-refractivity contribution in [2.45, 2.75) is 251 Å². The molecule has 2 aliphatic heterocycles. The molecule has 6 N–H and O–H groups in total. The van der Waals surface area contributed by atoms with Gasteiger partial charge in [0.1, 0.15) is 29.6 Å². The van der Waals surface area contributed by atoms with Crippen molar-refractivity contribution in [1.29, 1.82) is 0 Å². The highest BCUT2D eigenvalue weighted by Crippen LogP contribution is 2.75.